The molecule has 0 bridgehead atoms. The second-order valence-corrected chi connectivity index (χ2v) is 2.60. The van der Waals surface area contributed by atoms with Gasteiger partial charge >= 0.3 is 13.5 Å². The second kappa shape index (κ2) is 2.64. The van der Waals surface area contributed by atoms with Gasteiger partial charge in [-0.2, -0.15) is 0 Å². The van der Waals surface area contributed by atoms with Gasteiger partial charge in [-0.1, -0.05) is 24.3 Å². The van der Waals surface area contributed by atoms with Gasteiger partial charge in [0.05, 0.1) is 0 Å². The summed E-state index contributed by atoms with van der Waals surface area (Å²) < 4.78 is 4.96. The van der Waals surface area contributed by atoms with Crippen LogP contribution in [0.3, 0.4) is 0 Å². The zero-order valence-corrected chi connectivity index (χ0v) is 6.23. The Balaban J connectivity index is 2.42. The van der Waals surface area contributed by atoms with Crippen molar-refractivity contribution in [3.05, 3.63) is 29.8 Å². The van der Waals surface area contributed by atoms with E-state index in [1.54, 1.807) is 12.1 Å². The number of rotatable bonds is 1. The molecule has 1 N–H and O–H groups in total. The first-order chi connectivity index (χ1) is 5.79. The van der Waals surface area contributed by atoms with Crippen LogP contribution in [0.5, 0.6) is 0 Å². The van der Waals surface area contributed by atoms with E-state index in [1.165, 1.54) is 7.48 Å². The quantitative estimate of drug-likeness (QED) is 0.593. The lowest BCUT2D eigenvalue weighted by atomic mass is 9.87. The third kappa shape index (κ3) is 1.01. The van der Waals surface area contributed by atoms with E-state index in [0.717, 1.165) is 11.0 Å². The molecule has 3 nitrogen and oxygen atoms in total. The van der Waals surface area contributed by atoms with Gasteiger partial charge in [-0.15, -0.1) is 0 Å². The van der Waals surface area contributed by atoms with E-state index < -0.39 is 12.1 Å². The van der Waals surface area contributed by atoms with Crippen LogP contribution in [0, 0.1) is 0 Å². The average molecular weight is 161 g/mol. The number of carbonyl (C=O) groups is 1. The van der Waals surface area contributed by atoms with Gasteiger partial charge < -0.3 is 9.76 Å². The first-order valence-corrected chi connectivity index (χ1v) is 3.59. The van der Waals surface area contributed by atoms with E-state index in [4.69, 9.17) is 9.76 Å². The molecule has 0 saturated carbocycles. The lowest BCUT2D eigenvalue weighted by Crippen LogP contribution is -2.11. The van der Waals surface area contributed by atoms with Crippen molar-refractivity contribution in [2.45, 2.75) is 6.10 Å². The lowest BCUT2D eigenvalue weighted by molar-refractivity contribution is -0.145. The highest BCUT2D eigenvalue weighted by Gasteiger charge is 2.29. The number of fused-ring (bicyclic) bond motifs is 1. The summed E-state index contributed by atoms with van der Waals surface area (Å²) in [6, 6.07) is 7.25. The van der Waals surface area contributed by atoms with Gasteiger partial charge in [-0.05, 0) is 11.0 Å². The van der Waals surface area contributed by atoms with E-state index >= 15 is 0 Å². The van der Waals surface area contributed by atoms with Crippen LogP contribution in [0.25, 0.3) is 0 Å². The molecule has 1 heterocycles. The van der Waals surface area contributed by atoms with Gasteiger partial charge in [0.1, 0.15) is 0 Å². The molecule has 1 aliphatic rings. The Kier molecular flexibility index (Phi) is 1.62. The average Bonchev–Trinajstić information content (AvgIpc) is 2.47. The van der Waals surface area contributed by atoms with Crippen LogP contribution in [0.1, 0.15) is 11.7 Å². The Morgan fingerprint density at radius 3 is 3.00 bits per heavy atom. The fourth-order valence-electron chi connectivity index (χ4n) is 1.26. The highest BCUT2D eigenvalue weighted by atomic mass is 16.5. The van der Waals surface area contributed by atoms with Crippen molar-refractivity contribution >= 4 is 18.9 Å². The molecule has 1 unspecified atom stereocenters. The summed E-state index contributed by atoms with van der Waals surface area (Å²) >= 11 is 0. The van der Waals surface area contributed by atoms with E-state index in [2.05, 4.69) is 0 Å². The fourth-order valence-corrected chi connectivity index (χ4v) is 1.26. The second-order valence-electron chi connectivity index (χ2n) is 2.60. The first kappa shape index (κ1) is 7.37. The van der Waals surface area contributed by atoms with Crippen LogP contribution in [-0.4, -0.2) is 18.6 Å². The van der Waals surface area contributed by atoms with Crippen LogP contribution in [0.2, 0.25) is 0 Å². The molecule has 59 valence electrons. The van der Waals surface area contributed by atoms with E-state index in [9.17, 15) is 4.79 Å². The lowest BCUT2D eigenvalue weighted by Gasteiger charge is -2.04. The molecule has 12 heavy (non-hydrogen) atoms. The van der Waals surface area contributed by atoms with Crippen LogP contribution in [0.4, 0.5) is 0 Å². The van der Waals surface area contributed by atoms with E-state index in [1.807, 2.05) is 12.1 Å². The molecule has 1 aromatic rings. The van der Waals surface area contributed by atoms with Crippen molar-refractivity contribution in [1.82, 2.24) is 0 Å². The molecular weight excluding hydrogens is 155 g/mol. The van der Waals surface area contributed by atoms with Crippen molar-refractivity contribution < 1.29 is 14.6 Å². The molecule has 1 radical (unpaired) electrons. The predicted molar refractivity (Wildman–Crippen MR) is 43.3 cm³/mol. The Bertz CT molecular complexity index is 324. The molecule has 2 rings (SSSR count). The zero-order chi connectivity index (χ0) is 8.55. The summed E-state index contributed by atoms with van der Waals surface area (Å²) in [7, 11) is 1.48. The number of carboxylic acid groups (broad SMARTS) is 1. The third-order valence-corrected chi connectivity index (χ3v) is 1.83. The molecule has 1 aromatic carbocycles. The smallest absolute Gasteiger partial charge is 0.335 e. The van der Waals surface area contributed by atoms with Gasteiger partial charge in [-0.3, -0.25) is 0 Å². The Morgan fingerprint density at radius 2 is 2.25 bits per heavy atom. The van der Waals surface area contributed by atoms with Gasteiger partial charge in [-0.25, -0.2) is 4.79 Å². The van der Waals surface area contributed by atoms with Crippen molar-refractivity contribution in [3.63, 3.8) is 0 Å². The fraction of sp³-hybridized carbons (Fsp3) is 0.125. The molecule has 4 heteroatoms. The van der Waals surface area contributed by atoms with E-state index in [0.29, 0.717) is 0 Å². The monoisotopic (exact) mass is 161 g/mol. The highest BCUT2D eigenvalue weighted by molar-refractivity contribution is 6.49. The predicted octanol–water partition coefficient (Wildman–Crippen LogP) is 0.0870. The molecular formula is C8H6BO3. The molecule has 0 aromatic heterocycles. The molecule has 0 fully saturated rings. The largest absolute Gasteiger partial charge is 0.479 e. The number of aliphatic carboxylic acids is 1. The molecule has 0 aliphatic carbocycles. The topological polar surface area (TPSA) is 46.5 Å². The standard InChI is InChI=1S/C8H6BO3/c10-8(11)7-5-3-1-2-4-6(5)9-12-7/h1-4,7H,(H,10,11). The normalized spacial score (nSPS) is 19.8. The number of hydrogen-bond donors (Lipinski definition) is 1. The van der Waals surface area contributed by atoms with Crippen LogP contribution in [-0.2, 0) is 9.45 Å². The molecule has 1 atom stereocenters. The zero-order valence-electron chi connectivity index (χ0n) is 6.23. The van der Waals surface area contributed by atoms with Crippen molar-refractivity contribution in [3.8, 4) is 0 Å². The van der Waals surface area contributed by atoms with Crippen LogP contribution in [0.15, 0.2) is 24.3 Å². The van der Waals surface area contributed by atoms with Gasteiger partial charge in [0.2, 0.25) is 0 Å². The van der Waals surface area contributed by atoms with Crippen molar-refractivity contribution in [1.29, 1.82) is 0 Å². The summed E-state index contributed by atoms with van der Waals surface area (Å²) in [5.41, 5.74) is 1.58. The summed E-state index contributed by atoms with van der Waals surface area (Å²) in [5, 5.41) is 8.72. The minimum atomic E-state index is -0.948. The van der Waals surface area contributed by atoms with Crippen molar-refractivity contribution in [2.24, 2.45) is 0 Å². The number of benzene rings is 1. The number of hydrogen-bond acceptors (Lipinski definition) is 2. The van der Waals surface area contributed by atoms with Crippen molar-refractivity contribution in [2.75, 3.05) is 0 Å². The summed E-state index contributed by atoms with van der Waals surface area (Å²) in [5.74, 6) is -0.948. The first-order valence-electron chi connectivity index (χ1n) is 3.59. The maximum atomic E-state index is 10.6. The molecule has 1 aliphatic heterocycles. The maximum Gasteiger partial charge on any atom is 0.335 e. The SMILES string of the molecule is O=C(O)C1O[B]c2ccccc21. The highest BCUT2D eigenvalue weighted by Crippen LogP contribution is 2.19. The molecule has 0 saturated heterocycles. The van der Waals surface area contributed by atoms with Crippen LogP contribution >= 0.6 is 0 Å². The molecule has 0 spiro atoms. The number of carboxylic acids is 1. The van der Waals surface area contributed by atoms with Gasteiger partial charge in [0.15, 0.2) is 6.10 Å². The maximum absolute atomic E-state index is 10.6. The summed E-state index contributed by atoms with van der Waals surface area (Å²) in [6.07, 6.45) is -0.818. The Hall–Kier alpha value is -1.29. The molecule has 0 amide bonds. The Morgan fingerprint density at radius 1 is 1.50 bits per heavy atom. The third-order valence-electron chi connectivity index (χ3n) is 1.83. The summed E-state index contributed by atoms with van der Waals surface area (Å²) in [6.45, 7) is 0. The minimum absolute atomic E-state index is 0.727. The van der Waals surface area contributed by atoms with E-state index in [-0.39, 0.29) is 0 Å². The Labute approximate surface area is 70.2 Å². The van der Waals surface area contributed by atoms with Gasteiger partial charge in [0.25, 0.3) is 0 Å². The minimum Gasteiger partial charge on any atom is -0.479 e. The van der Waals surface area contributed by atoms with Crippen LogP contribution < -0.4 is 5.46 Å². The summed E-state index contributed by atoms with van der Waals surface area (Å²) in [4.78, 5) is 10.6. The van der Waals surface area contributed by atoms with Gasteiger partial charge in [0, 0.05) is 0 Å².